The number of nitrogens with two attached hydrogens (primary N) is 1. The molecule has 0 saturated carbocycles. The predicted octanol–water partition coefficient (Wildman–Crippen LogP) is -0.851. The minimum absolute atomic E-state index is 0.0352. The summed E-state index contributed by atoms with van der Waals surface area (Å²) in [5.74, 6) is 0.0352. The maximum Gasteiger partial charge on any atom is 0.277 e. The Morgan fingerprint density at radius 3 is 2.33 bits per heavy atom. The van der Waals surface area contributed by atoms with Gasteiger partial charge in [0.2, 0.25) is 5.91 Å². The molecule has 8 heteroatoms. The zero-order chi connectivity index (χ0) is 13.8. The number of carbonyl (C=O) groups excluding carboxylic acids is 1. The van der Waals surface area contributed by atoms with Gasteiger partial charge < -0.3 is 9.64 Å². The molecule has 2 N–H and O–H groups in total. The number of hydrogen-bond donors (Lipinski definition) is 1. The third kappa shape index (κ3) is 4.52. The molecule has 1 heterocycles. The Kier molecular flexibility index (Phi) is 5.51. The lowest BCUT2D eigenvalue weighted by molar-refractivity contribution is -0.133. The van der Waals surface area contributed by atoms with Crippen molar-refractivity contribution in [2.75, 3.05) is 33.3 Å². The fourth-order valence-electron chi connectivity index (χ4n) is 1.79. The molecule has 0 bridgehead atoms. The molecular formula is C10H21N3O4S. The van der Waals surface area contributed by atoms with E-state index in [2.05, 4.69) is 0 Å². The van der Waals surface area contributed by atoms with Crippen molar-refractivity contribution in [2.24, 2.45) is 5.14 Å². The van der Waals surface area contributed by atoms with Crippen LogP contribution in [0.2, 0.25) is 0 Å². The van der Waals surface area contributed by atoms with Crippen molar-refractivity contribution < 1.29 is 17.9 Å². The number of rotatable bonds is 5. The van der Waals surface area contributed by atoms with E-state index in [1.54, 1.807) is 12.0 Å². The first kappa shape index (κ1) is 15.4. The van der Waals surface area contributed by atoms with E-state index in [-0.39, 0.29) is 25.1 Å². The summed E-state index contributed by atoms with van der Waals surface area (Å²) in [5, 5.41) is 5.03. The molecule has 106 valence electrons. The summed E-state index contributed by atoms with van der Waals surface area (Å²) in [5.41, 5.74) is 0. The summed E-state index contributed by atoms with van der Waals surface area (Å²) in [6.45, 7) is 3.24. The van der Waals surface area contributed by atoms with Crippen LogP contribution < -0.4 is 5.14 Å². The summed E-state index contributed by atoms with van der Waals surface area (Å²) in [4.78, 5) is 13.5. The average Bonchev–Trinajstić information content (AvgIpc) is 2.34. The zero-order valence-electron chi connectivity index (χ0n) is 10.8. The van der Waals surface area contributed by atoms with Gasteiger partial charge in [0.15, 0.2) is 0 Å². The molecule has 1 aliphatic heterocycles. The number of hydrogen-bond acceptors (Lipinski definition) is 4. The van der Waals surface area contributed by atoms with Crippen LogP contribution in [0.1, 0.15) is 19.8 Å². The number of nitrogens with zero attached hydrogens (tertiary/aromatic N) is 2. The van der Waals surface area contributed by atoms with E-state index >= 15 is 0 Å². The fraction of sp³-hybridized carbons (Fsp3) is 0.900. The van der Waals surface area contributed by atoms with Crippen molar-refractivity contribution in [3.8, 4) is 0 Å². The molecule has 1 amide bonds. The normalized spacial score (nSPS) is 19.8. The van der Waals surface area contributed by atoms with Gasteiger partial charge in [-0.2, -0.15) is 12.7 Å². The predicted molar refractivity (Wildman–Crippen MR) is 67.0 cm³/mol. The van der Waals surface area contributed by atoms with Crippen LogP contribution in [0, 0.1) is 0 Å². The third-order valence-corrected chi connectivity index (χ3v) is 4.20. The third-order valence-electron chi connectivity index (χ3n) is 3.12. The Labute approximate surface area is 108 Å². The Hall–Kier alpha value is -0.700. The minimum Gasteiger partial charge on any atom is -0.382 e. The SMILES string of the molecule is COC(C)CCC(=O)N1CCN(S(N)(=O)=O)CC1. The van der Waals surface area contributed by atoms with E-state index in [0.29, 0.717) is 25.9 Å². The van der Waals surface area contributed by atoms with Crippen LogP contribution in [-0.2, 0) is 19.7 Å². The first-order valence-electron chi connectivity index (χ1n) is 5.93. The first-order chi connectivity index (χ1) is 8.34. The van der Waals surface area contributed by atoms with Gasteiger partial charge in [0, 0.05) is 39.7 Å². The molecule has 18 heavy (non-hydrogen) atoms. The van der Waals surface area contributed by atoms with E-state index in [1.807, 2.05) is 6.92 Å². The molecule has 0 aromatic rings. The van der Waals surface area contributed by atoms with Gasteiger partial charge in [-0.05, 0) is 13.3 Å². The van der Waals surface area contributed by atoms with E-state index in [1.165, 1.54) is 4.31 Å². The van der Waals surface area contributed by atoms with Crippen LogP contribution >= 0.6 is 0 Å². The van der Waals surface area contributed by atoms with Gasteiger partial charge in [-0.1, -0.05) is 0 Å². The molecule has 1 saturated heterocycles. The Morgan fingerprint density at radius 1 is 1.33 bits per heavy atom. The smallest absolute Gasteiger partial charge is 0.277 e. The second-order valence-corrected chi connectivity index (χ2v) is 5.96. The molecule has 1 aliphatic rings. The summed E-state index contributed by atoms with van der Waals surface area (Å²) in [6.07, 6.45) is 1.15. The molecule has 0 spiro atoms. The van der Waals surface area contributed by atoms with Crippen molar-refractivity contribution >= 4 is 16.1 Å². The molecule has 0 aromatic carbocycles. The van der Waals surface area contributed by atoms with Crippen molar-refractivity contribution in [1.82, 2.24) is 9.21 Å². The largest absolute Gasteiger partial charge is 0.382 e. The van der Waals surface area contributed by atoms with E-state index < -0.39 is 10.2 Å². The maximum absolute atomic E-state index is 11.8. The van der Waals surface area contributed by atoms with Gasteiger partial charge in [-0.15, -0.1) is 0 Å². The van der Waals surface area contributed by atoms with Crippen LogP contribution in [0.15, 0.2) is 0 Å². The lowest BCUT2D eigenvalue weighted by atomic mass is 10.2. The van der Waals surface area contributed by atoms with Gasteiger partial charge in [0.25, 0.3) is 10.2 Å². The Morgan fingerprint density at radius 2 is 1.89 bits per heavy atom. The molecular weight excluding hydrogens is 258 g/mol. The van der Waals surface area contributed by atoms with Gasteiger partial charge in [-0.3, -0.25) is 4.79 Å². The quantitative estimate of drug-likeness (QED) is 0.709. The van der Waals surface area contributed by atoms with Crippen molar-refractivity contribution in [1.29, 1.82) is 0 Å². The lowest BCUT2D eigenvalue weighted by Crippen LogP contribution is -2.52. The number of methoxy groups -OCH3 is 1. The molecule has 1 atom stereocenters. The first-order valence-corrected chi connectivity index (χ1v) is 7.43. The Balaban J connectivity index is 2.36. The van der Waals surface area contributed by atoms with Crippen molar-refractivity contribution in [3.05, 3.63) is 0 Å². The summed E-state index contributed by atoms with van der Waals surface area (Å²) in [6, 6.07) is 0. The van der Waals surface area contributed by atoms with Crippen LogP contribution in [0.5, 0.6) is 0 Å². The van der Waals surface area contributed by atoms with Gasteiger partial charge >= 0.3 is 0 Å². The molecule has 1 rings (SSSR count). The lowest BCUT2D eigenvalue weighted by Gasteiger charge is -2.33. The van der Waals surface area contributed by atoms with E-state index in [0.717, 1.165) is 0 Å². The van der Waals surface area contributed by atoms with E-state index in [9.17, 15) is 13.2 Å². The monoisotopic (exact) mass is 279 g/mol. The highest BCUT2D eigenvalue weighted by atomic mass is 32.2. The van der Waals surface area contributed by atoms with Crippen LogP contribution in [-0.4, -0.2) is 62.9 Å². The molecule has 0 aromatic heterocycles. The van der Waals surface area contributed by atoms with Crippen LogP contribution in [0.25, 0.3) is 0 Å². The van der Waals surface area contributed by atoms with Gasteiger partial charge in [-0.25, -0.2) is 5.14 Å². The maximum atomic E-state index is 11.8. The molecule has 1 unspecified atom stereocenters. The zero-order valence-corrected chi connectivity index (χ0v) is 11.6. The molecule has 0 aliphatic carbocycles. The number of piperazine rings is 1. The minimum atomic E-state index is -3.63. The van der Waals surface area contributed by atoms with Crippen molar-refractivity contribution in [2.45, 2.75) is 25.9 Å². The van der Waals surface area contributed by atoms with Crippen molar-refractivity contribution in [3.63, 3.8) is 0 Å². The Bertz CT molecular complexity index is 377. The van der Waals surface area contributed by atoms with Crippen LogP contribution in [0.4, 0.5) is 0 Å². The second-order valence-electron chi connectivity index (χ2n) is 4.41. The van der Waals surface area contributed by atoms with Gasteiger partial charge in [0.05, 0.1) is 6.10 Å². The molecule has 0 radical (unpaired) electrons. The fourth-order valence-corrected chi connectivity index (χ4v) is 2.47. The van der Waals surface area contributed by atoms with E-state index in [4.69, 9.17) is 9.88 Å². The highest BCUT2D eigenvalue weighted by molar-refractivity contribution is 7.86. The number of amides is 1. The highest BCUT2D eigenvalue weighted by Crippen LogP contribution is 2.08. The molecule has 7 nitrogen and oxygen atoms in total. The highest BCUT2D eigenvalue weighted by Gasteiger charge is 2.26. The van der Waals surface area contributed by atoms with Crippen LogP contribution in [0.3, 0.4) is 0 Å². The number of carbonyl (C=O) groups is 1. The summed E-state index contributed by atoms with van der Waals surface area (Å²) in [7, 11) is -2.02. The molecule has 1 fully saturated rings. The summed E-state index contributed by atoms with van der Waals surface area (Å²) < 4.78 is 28.5. The topological polar surface area (TPSA) is 92.9 Å². The summed E-state index contributed by atoms with van der Waals surface area (Å²) >= 11 is 0. The van der Waals surface area contributed by atoms with Gasteiger partial charge in [0.1, 0.15) is 0 Å². The standard InChI is InChI=1S/C10H21N3O4S/c1-9(17-2)3-4-10(14)12-5-7-13(8-6-12)18(11,15)16/h9H,3-8H2,1-2H3,(H2,11,15,16). The number of ether oxygens (including phenoxy) is 1. The average molecular weight is 279 g/mol. The second kappa shape index (κ2) is 6.46.